The first-order valence-corrected chi connectivity index (χ1v) is 5.62. The van der Waals surface area contributed by atoms with Gasteiger partial charge in [0.2, 0.25) is 5.89 Å². The van der Waals surface area contributed by atoms with Crippen molar-refractivity contribution in [3.63, 3.8) is 0 Å². The summed E-state index contributed by atoms with van der Waals surface area (Å²) in [5, 5.41) is 13.5. The van der Waals surface area contributed by atoms with Crippen molar-refractivity contribution in [3.8, 4) is 0 Å². The fourth-order valence-corrected chi connectivity index (χ4v) is 1.92. The van der Waals surface area contributed by atoms with Crippen molar-refractivity contribution in [1.29, 1.82) is 0 Å². The van der Waals surface area contributed by atoms with Crippen LogP contribution in [0.1, 0.15) is 16.6 Å². The van der Waals surface area contributed by atoms with Crippen LogP contribution in [-0.2, 0) is 17.9 Å². The second kappa shape index (κ2) is 5.04. The molecule has 0 atom stereocenters. The summed E-state index contributed by atoms with van der Waals surface area (Å²) in [7, 11) is 1.65. The van der Waals surface area contributed by atoms with Crippen molar-refractivity contribution in [1.82, 2.24) is 15.2 Å². The highest BCUT2D eigenvalue weighted by molar-refractivity contribution is 7.09. The van der Waals surface area contributed by atoms with E-state index in [1.54, 1.807) is 25.4 Å². The Bertz CT molecular complexity index is 454. The van der Waals surface area contributed by atoms with Gasteiger partial charge >= 0.3 is 6.01 Å². The Balaban J connectivity index is 1.89. The zero-order valence-electron chi connectivity index (χ0n) is 9.06. The first kappa shape index (κ1) is 11.0. The topological polar surface area (TPSA) is 73.1 Å². The molecule has 2 rings (SSSR count). The lowest BCUT2D eigenvalue weighted by atomic mass is 10.5. The normalized spacial score (nSPS) is 10.6. The van der Waals surface area contributed by atoms with Crippen LogP contribution < -0.4 is 5.32 Å². The molecule has 0 saturated heterocycles. The van der Waals surface area contributed by atoms with Crippen molar-refractivity contribution >= 4 is 17.4 Å². The summed E-state index contributed by atoms with van der Waals surface area (Å²) < 4.78 is 10.2. The number of anilines is 1. The van der Waals surface area contributed by atoms with Gasteiger partial charge in [-0.1, -0.05) is 5.10 Å². The Kier molecular flexibility index (Phi) is 3.47. The molecule has 0 amide bonds. The fourth-order valence-electron chi connectivity index (χ4n) is 1.15. The molecule has 6 nitrogen and oxygen atoms in total. The van der Waals surface area contributed by atoms with Gasteiger partial charge in [-0.15, -0.1) is 16.4 Å². The van der Waals surface area contributed by atoms with Gasteiger partial charge in [0.15, 0.2) is 0 Å². The summed E-state index contributed by atoms with van der Waals surface area (Å²) >= 11 is 1.57. The summed E-state index contributed by atoms with van der Waals surface area (Å²) in [5.41, 5.74) is 0.938. The minimum Gasteiger partial charge on any atom is -0.408 e. The van der Waals surface area contributed by atoms with E-state index >= 15 is 0 Å². The van der Waals surface area contributed by atoms with Crippen LogP contribution in [0.25, 0.3) is 0 Å². The van der Waals surface area contributed by atoms with Gasteiger partial charge in [0.25, 0.3) is 0 Å². The van der Waals surface area contributed by atoms with E-state index in [9.17, 15) is 0 Å². The molecule has 0 aliphatic heterocycles. The molecule has 0 fully saturated rings. The maximum Gasteiger partial charge on any atom is 0.315 e. The van der Waals surface area contributed by atoms with Crippen LogP contribution in [0.3, 0.4) is 0 Å². The summed E-state index contributed by atoms with van der Waals surface area (Å²) in [4.78, 5) is 4.36. The Labute approximate surface area is 96.7 Å². The monoisotopic (exact) mass is 240 g/mol. The molecular weight excluding hydrogens is 228 g/mol. The molecular formula is C9H12N4O2S. The van der Waals surface area contributed by atoms with Gasteiger partial charge in [-0.25, -0.2) is 4.98 Å². The molecule has 0 aliphatic rings. The molecule has 1 N–H and O–H groups in total. The van der Waals surface area contributed by atoms with Crippen LogP contribution in [0.5, 0.6) is 0 Å². The minimum absolute atomic E-state index is 0.416. The van der Waals surface area contributed by atoms with Gasteiger partial charge in [0, 0.05) is 19.4 Å². The standard InChI is InChI=1S/C9H12N4O2S/c1-6-12-13-9(15-6)10-3-7-5-16-8(11-7)4-14-2/h5H,3-4H2,1-2H3,(H,10,13). The minimum atomic E-state index is 0.416. The van der Waals surface area contributed by atoms with E-state index in [1.165, 1.54) is 0 Å². The Hall–Kier alpha value is -1.47. The lowest BCUT2D eigenvalue weighted by molar-refractivity contribution is 0.184. The van der Waals surface area contributed by atoms with Crippen molar-refractivity contribution in [2.45, 2.75) is 20.1 Å². The Morgan fingerprint density at radius 1 is 1.50 bits per heavy atom. The molecule has 0 radical (unpaired) electrons. The Morgan fingerprint density at radius 2 is 2.38 bits per heavy atom. The summed E-state index contributed by atoms with van der Waals surface area (Å²) in [6.07, 6.45) is 0. The third-order valence-electron chi connectivity index (χ3n) is 1.81. The first-order chi connectivity index (χ1) is 7.78. The van der Waals surface area contributed by atoms with Gasteiger partial charge < -0.3 is 14.5 Å². The zero-order valence-corrected chi connectivity index (χ0v) is 9.87. The zero-order chi connectivity index (χ0) is 11.4. The summed E-state index contributed by atoms with van der Waals surface area (Å²) in [5.74, 6) is 0.542. The van der Waals surface area contributed by atoms with E-state index in [1.807, 2.05) is 5.38 Å². The second-order valence-electron chi connectivity index (χ2n) is 3.15. The summed E-state index contributed by atoms with van der Waals surface area (Å²) in [6, 6.07) is 0.416. The third kappa shape index (κ3) is 2.77. The highest BCUT2D eigenvalue weighted by Gasteiger charge is 2.04. The van der Waals surface area contributed by atoms with E-state index < -0.39 is 0 Å². The quantitative estimate of drug-likeness (QED) is 0.855. The van der Waals surface area contributed by atoms with Crippen LogP contribution >= 0.6 is 11.3 Å². The predicted octanol–water partition coefficient (Wildman–Crippen LogP) is 1.59. The van der Waals surface area contributed by atoms with Gasteiger partial charge in [0.1, 0.15) is 5.01 Å². The number of thiazole rings is 1. The number of nitrogens with zero attached hydrogens (tertiary/aromatic N) is 3. The number of ether oxygens (including phenoxy) is 1. The third-order valence-corrected chi connectivity index (χ3v) is 2.69. The van der Waals surface area contributed by atoms with Crippen LogP contribution in [0.2, 0.25) is 0 Å². The van der Waals surface area contributed by atoms with Crippen LogP contribution in [-0.4, -0.2) is 22.3 Å². The van der Waals surface area contributed by atoms with Crippen LogP contribution in [0.15, 0.2) is 9.80 Å². The molecule has 2 aromatic rings. The van der Waals surface area contributed by atoms with Crippen molar-refractivity contribution < 1.29 is 9.15 Å². The molecule has 0 bridgehead atoms. The molecule has 0 saturated carbocycles. The molecule has 0 spiro atoms. The number of methoxy groups -OCH3 is 1. The molecule has 86 valence electrons. The SMILES string of the molecule is COCc1nc(CNc2nnc(C)o2)cs1. The van der Waals surface area contributed by atoms with Crippen molar-refractivity contribution in [2.24, 2.45) is 0 Å². The number of rotatable bonds is 5. The van der Waals surface area contributed by atoms with Gasteiger partial charge in [-0.3, -0.25) is 0 Å². The maximum atomic E-state index is 5.18. The highest BCUT2D eigenvalue weighted by Crippen LogP contribution is 2.12. The number of hydrogen-bond donors (Lipinski definition) is 1. The van der Waals surface area contributed by atoms with Crippen LogP contribution in [0, 0.1) is 6.92 Å². The van der Waals surface area contributed by atoms with E-state index in [0.717, 1.165) is 10.7 Å². The van der Waals surface area contributed by atoms with E-state index in [2.05, 4.69) is 20.5 Å². The number of nitrogens with one attached hydrogen (secondary N) is 1. The number of aryl methyl sites for hydroxylation is 1. The average molecular weight is 240 g/mol. The van der Waals surface area contributed by atoms with E-state index in [4.69, 9.17) is 9.15 Å². The molecule has 0 aliphatic carbocycles. The lowest BCUT2D eigenvalue weighted by Gasteiger charge is -1.96. The maximum absolute atomic E-state index is 5.18. The highest BCUT2D eigenvalue weighted by atomic mass is 32.1. The predicted molar refractivity (Wildman–Crippen MR) is 59.2 cm³/mol. The van der Waals surface area contributed by atoms with Crippen molar-refractivity contribution in [2.75, 3.05) is 12.4 Å². The average Bonchev–Trinajstić information content (AvgIpc) is 2.85. The lowest BCUT2D eigenvalue weighted by Crippen LogP contribution is -2.00. The van der Waals surface area contributed by atoms with E-state index in [0.29, 0.717) is 25.1 Å². The number of hydrogen-bond acceptors (Lipinski definition) is 7. The van der Waals surface area contributed by atoms with E-state index in [-0.39, 0.29) is 0 Å². The first-order valence-electron chi connectivity index (χ1n) is 4.74. The molecule has 2 aromatic heterocycles. The molecule has 2 heterocycles. The van der Waals surface area contributed by atoms with Gasteiger partial charge in [0.05, 0.1) is 18.8 Å². The summed E-state index contributed by atoms with van der Waals surface area (Å²) in [6.45, 7) is 2.86. The van der Waals surface area contributed by atoms with Gasteiger partial charge in [-0.05, 0) is 0 Å². The van der Waals surface area contributed by atoms with Crippen LogP contribution in [0.4, 0.5) is 6.01 Å². The fraction of sp³-hybridized carbons (Fsp3) is 0.444. The number of aromatic nitrogens is 3. The Morgan fingerprint density at radius 3 is 3.06 bits per heavy atom. The molecule has 7 heteroatoms. The van der Waals surface area contributed by atoms with Crippen molar-refractivity contribution in [3.05, 3.63) is 22.0 Å². The smallest absolute Gasteiger partial charge is 0.315 e. The molecule has 0 aromatic carbocycles. The second-order valence-corrected chi connectivity index (χ2v) is 4.09. The van der Waals surface area contributed by atoms with Gasteiger partial charge in [-0.2, -0.15) is 0 Å². The molecule has 0 unspecified atom stereocenters. The largest absolute Gasteiger partial charge is 0.408 e. The molecule has 16 heavy (non-hydrogen) atoms.